The minimum atomic E-state index is -4.38. The smallest absolute Gasteiger partial charge is 0.343 e. The molecule has 1 N–H and O–H groups in total. The zero-order valence-electron chi connectivity index (χ0n) is 8.82. The van der Waals surface area contributed by atoms with Crippen molar-refractivity contribution in [3.63, 3.8) is 0 Å². The quantitative estimate of drug-likeness (QED) is 0.731. The van der Waals surface area contributed by atoms with Crippen molar-refractivity contribution in [3.05, 3.63) is 36.0 Å². The normalized spacial score (nSPS) is 12.2. The summed E-state index contributed by atoms with van der Waals surface area (Å²) < 4.78 is 43.1. The molecule has 2 heterocycles. The minimum absolute atomic E-state index is 0.141. The molecule has 0 saturated heterocycles. The van der Waals surface area contributed by atoms with Gasteiger partial charge in [-0.05, 0) is 23.2 Å². The van der Waals surface area contributed by atoms with E-state index in [0.717, 1.165) is 17.6 Å². The average molecular weight is 269 g/mol. The van der Waals surface area contributed by atoms with Gasteiger partial charge in [-0.25, -0.2) is 0 Å². The molecular weight excluding hydrogens is 263 g/mol. The van der Waals surface area contributed by atoms with Crippen LogP contribution in [0, 0.1) is 0 Å². The highest BCUT2D eigenvalue weighted by atomic mass is 32.1. The van der Waals surface area contributed by atoms with Gasteiger partial charge < -0.3 is 4.98 Å². The number of alkyl halides is 3. The first-order valence-corrected chi connectivity index (χ1v) is 5.81. The lowest BCUT2D eigenvalue weighted by molar-refractivity contribution is -0.137. The number of hydrogen-bond donors (Lipinski definition) is 1. The molecule has 0 saturated carbocycles. The number of nitrogens with zero attached hydrogens (tertiary/aromatic N) is 2. The Bertz CT molecular complexity index is 699. The second-order valence-corrected chi connectivity index (χ2v) is 4.45. The number of aromatic amines is 1. The van der Waals surface area contributed by atoms with Crippen molar-refractivity contribution in [1.82, 2.24) is 14.6 Å². The van der Waals surface area contributed by atoms with E-state index in [2.05, 4.69) is 14.6 Å². The summed E-state index contributed by atoms with van der Waals surface area (Å²) in [6.45, 7) is 0. The number of benzene rings is 1. The molecule has 0 aliphatic rings. The number of fused-ring (bicyclic) bond motifs is 1. The van der Waals surface area contributed by atoms with Gasteiger partial charge in [0.25, 0.3) is 0 Å². The monoisotopic (exact) mass is 269 g/mol. The van der Waals surface area contributed by atoms with Gasteiger partial charge in [0.2, 0.25) is 0 Å². The predicted octanol–water partition coefficient (Wildman–Crippen LogP) is 3.71. The van der Waals surface area contributed by atoms with Gasteiger partial charge in [-0.1, -0.05) is 22.7 Å². The van der Waals surface area contributed by atoms with Crippen molar-refractivity contribution in [3.8, 4) is 11.1 Å². The molecule has 92 valence electrons. The fraction of sp³-hybridized carbons (Fsp3) is 0.0909. The molecular formula is C11H6F3N3S. The number of hydrogen-bond acceptors (Lipinski definition) is 3. The van der Waals surface area contributed by atoms with Crippen LogP contribution < -0.4 is 0 Å². The Morgan fingerprint density at radius 2 is 1.89 bits per heavy atom. The fourth-order valence-electron chi connectivity index (χ4n) is 1.83. The van der Waals surface area contributed by atoms with Crippen molar-refractivity contribution in [2.75, 3.05) is 0 Å². The summed E-state index contributed by atoms with van der Waals surface area (Å²) in [5, 5.41) is 3.79. The van der Waals surface area contributed by atoms with Crippen molar-refractivity contribution in [1.29, 1.82) is 0 Å². The van der Waals surface area contributed by atoms with Crippen LogP contribution in [0.4, 0.5) is 13.2 Å². The molecule has 3 aromatic rings. The average Bonchev–Trinajstić information content (AvgIpc) is 2.89. The van der Waals surface area contributed by atoms with E-state index in [4.69, 9.17) is 0 Å². The molecule has 1 aromatic carbocycles. The highest BCUT2D eigenvalue weighted by molar-refractivity contribution is 7.13. The molecule has 0 aliphatic heterocycles. The second-order valence-electron chi connectivity index (χ2n) is 3.70. The highest BCUT2D eigenvalue weighted by Crippen LogP contribution is 2.39. The lowest BCUT2D eigenvalue weighted by Gasteiger charge is -2.11. The van der Waals surface area contributed by atoms with Gasteiger partial charge in [0.1, 0.15) is 4.70 Å². The van der Waals surface area contributed by atoms with E-state index in [9.17, 15) is 13.2 Å². The minimum Gasteiger partial charge on any atom is -0.343 e. The first-order valence-electron chi connectivity index (χ1n) is 5.03. The van der Waals surface area contributed by atoms with Crippen LogP contribution in [0.2, 0.25) is 0 Å². The molecule has 0 amide bonds. The number of H-pyrrole nitrogens is 1. The van der Waals surface area contributed by atoms with E-state index >= 15 is 0 Å². The Kier molecular flexibility index (Phi) is 2.37. The summed E-state index contributed by atoms with van der Waals surface area (Å²) in [6.07, 6.45) is -2.85. The Morgan fingerprint density at radius 1 is 1.11 bits per heavy atom. The van der Waals surface area contributed by atoms with E-state index in [-0.39, 0.29) is 5.56 Å². The van der Waals surface area contributed by atoms with Crippen LogP contribution in [0.3, 0.4) is 0 Å². The third-order valence-corrected chi connectivity index (χ3v) is 3.37. The molecule has 0 unspecified atom stereocenters. The second kappa shape index (κ2) is 3.81. The van der Waals surface area contributed by atoms with Crippen LogP contribution in [-0.2, 0) is 6.18 Å². The number of rotatable bonds is 1. The molecule has 0 radical (unpaired) electrons. The van der Waals surface area contributed by atoms with Gasteiger partial charge in [0.15, 0.2) is 5.65 Å². The maximum atomic E-state index is 12.9. The third kappa shape index (κ3) is 1.67. The summed E-state index contributed by atoms with van der Waals surface area (Å²) in [7, 11) is 0. The Hall–Kier alpha value is -1.89. The molecule has 0 aliphatic carbocycles. The fourth-order valence-corrected chi connectivity index (χ4v) is 2.49. The van der Waals surface area contributed by atoms with E-state index in [0.29, 0.717) is 15.9 Å². The molecule has 0 fully saturated rings. The van der Waals surface area contributed by atoms with Crippen LogP contribution >= 0.6 is 11.5 Å². The van der Waals surface area contributed by atoms with Gasteiger partial charge in [0, 0.05) is 11.8 Å². The predicted molar refractivity (Wildman–Crippen MR) is 62.2 cm³/mol. The zero-order valence-corrected chi connectivity index (χ0v) is 9.64. The molecule has 2 aromatic heterocycles. The molecule has 3 nitrogen and oxygen atoms in total. The van der Waals surface area contributed by atoms with Crippen molar-refractivity contribution < 1.29 is 13.2 Å². The SMILES string of the molecule is FC(F)(F)c1ccccc1-c1c[nH]c2nnsc12. The largest absolute Gasteiger partial charge is 0.417 e. The van der Waals surface area contributed by atoms with Gasteiger partial charge in [0.05, 0.1) is 5.56 Å². The molecule has 0 bridgehead atoms. The summed E-state index contributed by atoms with van der Waals surface area (Å²) in [5.41, 5.74) is 0.474. The maximum absolute atomic E-state index is 12.9. The molecule has 3 rings (SSSR count). The number of nitrogens with one attached hydrogen (secondary N) is 1. The summed E-state index contributed by atoms with van der Waals surface area (Å²) in [4.78, 5) is 2.81. The first-order chi connectivity index (χ1) is 8.57. The van der Waals surface area contributed by atoms with E-state index in [1.807, 2.05) is 0 Å². The Balaban J connectivity index is 2.27. The number of halogens is 3. The van der Waals surface area contributed by atoms with E-state index < -0.39 is 11.7 Å². The van der Waals surface area contributed by atoms with Crippen LogP contribution in [-0.4, -0.2) is 14.6 Å². The van der Waals surface area contributed by atoms with Crippen molar-refractivity contribution >= 4 is 21.9 Å². The van der Waals surface area contributed by atoms with Crippen molar-refractivity contribution in [2.45, 2.75) is 6.18 Å². The van der Waals surface area contributed by atoms with Crippen LogP contribution in [0.25, 0.3) is 21.5 Å². The molecule has 0 atom stereocenters. The molecule has 7 heteroatoms. The maximum Gasteiger partial charge on any atom is 0.417 e. The highest BCUT2D eigenvalue weighted by Gasteiger charge is 2.33. The van der Waals surface area contributed by atoms with Gasteiger partial charge in [-0.3, -0.25) is 0 Å². The zero-order chi connectivity index (χ0) is 12.8. The summed E-state index contributed by atoms with van der Waals surface area (Å²) >= 11 is 1.08. The van der Waals surface area contributed by atoms with Crippen LogP contribution in [0.5, 0.6) is 0 Å². The summed E-state index contributed by atoms with van der Waals surface area (Å²) in [6, 6.07) is 5.48. The van der Waals surface area contributed by atoms with Gasteiger partial charge in [-0.15, -0.1) is 5.10 Å². The topological polar surface area (TPSA) is 41.6 Å². The molecule has 18 heavy (non-hydrogen) atoms. The molecule has 0 spiro atoms. The standard InChI is InChI=1S/C11H6F3N3S/c12-11(13,14)8-4-2-1-3-6(8)7-5-15-10-9(7)18-17-16-10/h1-5,15H. The Morgan fingerprint density at radius 3 is 2.67 bits per heavy atom. The lowest BCUT2D eigenvalue weighted by atomic mass is 10.0. The van der Waals surface area contributed by atoms with E-state index in [1.54, 1.807) is 6.07 Å². The van der Waals surface area contributed by atoms with Gasteiger partial charge >= 0.3 is 6.18 Å². The Labute approximate surface area is 103 Å². The third-order valence-electron chi connectivity index (χ3n) is 2.61. The number of aromatic nitrogens is 3. The van der Waals surface area contributed by atoms with Gasteiger partial charge in [-0.2, -0.15) is 13.2 Å². The summed E-state index contributed by atoms with van der Waals surface area (Å²) in [5.74, 6) is 0. The first kappa shape index (κ1) is 11.2. The van der Waals surface area contributed by atoms with Crippen molar-refractivity contribution in [2.24, 2.45) is 0 Å². The van der Waals surface area contributed by atoms with Crippen LogP contribution in [0.1, 0.15) is 5.56 Å². The van der Waals surface area contributed by atoms with E-state index in [1.165, 1.54) is 18.3 Å². The lowest BCUT2D eigenvalue weighted by Crippen LogP contribution is -2.06. The van der Waals surface area contributed by atoms with Crippen LogP contribution in [0.15, 0.2) is 30.5 Å².